The zero-order valence-electron chi connectivity index (χ0n) is 19.8. The predicted molar refractivity (Wildman–Crippen MR) is 131 cm³/mol. The number of aryl methyl sites for hydroxylation is 1. The van der Waals surface area contributed by atoms with Crippen molar-refractivity contribution in [2.45, 2.75) is 58.6 Å². The summed E-state index contributed by atoms with van der Waals surface area (Å²) in [5, 5.41) is 4.07. The van der Waals surface area contributed by atoms with Crippen LogP contribution in [0.3, 0.4) is 0 Å². The van der Waals surface area contributed by atoms with Crippen molar-refractivity contribution in [3.05, 3.63) is 64.7 Å². The molecule has 3 aromatic rings. The molecule has 4 rings (SSSR count). The molecule has 2 heterocycles. The molecule has 0 spiro atoms. The van der Waals surface area contributed by atoms with Gasteiger partial charge >= 0.3 is 6.09 Å². The molecular formula is C26H32N4O3. The van der Waals surface area contributed by atoms with Crippen molar-refractivity contribution in [2.24, 2.45) is 0 Å². The number of carbonyl (C=O) groups excluding carboxylic acids is 1. The minimum atomic E-state index is -0.489. The second-order valence-electron chi connectivity index (χ2n) is 9.56. The second kappa shape index (κ2) is 9.25. The van der Waals surface area contributed by atoms with Gasteiger partial charge in [-0.25, -0.2) is 9.78 Å². The van der Waals surface area contributed by atoms with E-state index >= 15 is 0 Å². The third-order valence-corrected chi connectivity index (χ3v) is 5.63. The highest BCUT2D eigenvalue weighted by atomic mass is 16.6. The lowest BCUT2D eigenvalue weighted by molar-refractivity contribution is 0.0105. The van der Waals surface area contributed by atoms with Crippen molar-refractivity contribution in [1.29, 1.82) is 0 Å². The Bertz CT molecular complexity index is 1190. The molecule has 0 aliphatic carbocycles. The van der Waals surface area contributed by atoms with Gasteiger partial charge in [0.15, 0.2) is 0 Å². The molecule has 7 heteroatoms. The first-order chi connectivity index (χ1) is 15.7. The number of fused-ring (bicyclic) bond motifs is 1. The van der Waals surface area contributed by atoms with E-state index in [2.05, 4.69) is 12.2 Å². The smallest absolute Gasteiger partial charge is 0.410 e. The second-order valence-corrected chi connectivity index (χ2v) is 9.56. The topological polar surface area (TPSA) is 76.5 Å². The van der Waals surface area contributed by atoms with E-state index < -0.39 is 5.60 Å². The zero-order valence-corrected chi connectivity index (χ0v) is 19.8. The van der Waals surface area contributed by atoms with Crippen LogP contribution in [0.15, 0.2) is 53.3 Å². The van der Waals surface area contributed by atoms with E-state index in [9.17, 15) is 9.59 Å². The van der Waals surface area contributed by atoms with Gasteiger partial charge < -0.3 is 15.0 Å². The standard InChI is InChI=1S/C26H32N4O3/c1-5-6-11-23-28-22-10-8-7-9-21(22)24(31)30(23)20-14-12-18(13-15-20)27-19-16-29(17-19)25(32)33-26(2,3)4/h7-10,12-15,19,27H,5-6,11,16-17H2,1-4H3. The van der Waals surface area contributed by atoms with E-state index in [1.165, 1.54) is 0 Å². The van der Waals surface area contributed by atoms with Crippen LogP contribution in [0.1, 0.15) is 46.4 Å². The van der Waals surface area contributed by atoms with Crippen molar-refractivity contribution >= 4 is 22.7 Å². The van der Waals surface area contributed by atoms with Crippen LogP contribution in [0.2, 0.25) is 0 Å². The number of anilines is 1. The van der Waals surface area contributed by atoms with Crippen molar-refractivity contribution in [1.82, 2.24) is 14.5 Å². The quantitative estimate of drug-likeness (QED) is 0.588. The number of carbonyl (C=O) groups is 1. The number of benzene rings is 2. The number of amides is 1. The first-order valence-corrected chi connectivity index (χ1v) is 11.6. The average molecular weight is 449 g/mol. The highest BCUT2D eigenvalue weighted by molar-refractivity contribution is 5.78. The molecule has 0 atom stereocenters. The summed E-state index contributed by atoms with van der Waals surface area (Å²) in [5.41, 5.74) is 1.96. The number of nitrogens with one attached hydrogen (secondary N) is 1. The molecule has 0 unspecified atom stereocenters. The van der Waals surface area contributed by atoms with Gasteiger partial charge in [0.25, 0.3) is 5.56 Å². The number of nitrogens with zero attached hydrogens (tertiary/aromatic N) is 3. The van der Waals surface area contributed by atoms with E-state index in [-0.39, 0.29) is 17.7 Å². The maximum atomic E-state index is 13.3. The van der Waals surface area contributed by atoms with Gasteiger partial charge in [0.2, 0.25) is 0 Å². The molecule has 1 saturated heterocycles. The minimum Gasteiger partial charge on any atom is -0.444 e. The summed E-state index contributed by atoms with van der Waals surface area (Å²) in [6, 6.07) is 15.5. The summed E-state index contributed by atoms with van der Waals surface area (Å²) in [7, 11) is 0. The molecule has 0 radical (unpaired) electrons. The van der Waals surface area contributed by atoms with Crippen molar-refractivity contribution in [3.8, 4) is 5.69 Å². The maximum Gasteiger partial charge on any atom is 0.410 e. The fourth-order valence-corrected chi connectivity index (χ4v) is 3.94. The highest BCUT2D eigenvalue weighted by Crippen LogP contribution is 2.21. The molecule has 33 heavy (non-hydrogen) atoms. The average Bonchev–Trinajstić information content (AvgIpc) is 2.74. The van der Waals surface area contributed by atoms with E-state index in [4.69, 9.17) is 9.72 Å². The molecular weight excluding hydrogens is 416 g/mol. The fourth-order valence-electron chi connectivity index (χ4n) is 3.94. The van der Waals surface area contributed by atoms with E-state index in [1.54, 1.807) is 9.47 Å². The van der Waals surface area contributed by atoms with Gasteiger partial charge in [-0.2, -0.15) is 0 Å². The lowest BCUT2D eigenvalue weighted by Crippen LogP contribution is -2.57. The van der Waals surface area contributed by atoms with Crippen LogP contribution in [0.5, 0.6) is 0 Å². The number of rotatable bonds is 6. The molecule has 2 aromatic carbocycles. The van der Waals surface area contributed by atoms with Crippen LogP contribution >= 0.6 is 0 Å². The van der Waals surface area contributed by atoms with Gasteiger partial charge in [-0.15, -0.1) is 0 Å². The third-order valence-electron chi connectivity index (χ3n) is 5.63. The number of para-hydroxylation sites is 1. The summed E-state index contributed by atoms with van der Waals surface area (Å²) in [6.07, 6.45) is 2.48. The lowest BCUT2D eigenvalue weighted by atomic mass is 10.1. The molecule has 1 amide bonds. The van der Waals surface area contributed by atoms with Crippen molar-refractivity contribution < 1.29 is 9.53 Å². The van der Waals surface area contributed by atoms with Gasteiger partial charge in [0.1, 0.15) is 11.4 Å². The Morgan fingerprint density at radius 2 is 1.82 bits per heavy atom. The van der Waals surface area contributed by atoms with Crippen LogP contribution in [-0.4, -0.2) is 45.3 Å². The molecule has 1 N–H and O–H groups in total. The summed E-state index contributed by atoms with van der Waals surface area (Å²) < 4.78 is 7.14. The summed E-state index contributed by atoms with van der Waals surface area (Å²) in [4.78, 5) is 31.9. The SMILES string of the molecule is CCCCc1nc2ccccc2c(=O)n1-c1ccc(NC2CN(C(=O)OC(C)(C)C)C2)cc1. The maximum absolute atomic E-state index is 13.3. The Labute approximate surface area is 194 Å². The Hall–Kier alpha value is -3.35. The molecule has 174 valence electrons. The molecule has 1 aliphatic rings. The molecule has 1 fully saturated rings. The highest BCUT2D eigenvalue weighted by Gasteiger charge is 2.33. The number of likely N-dealkylation sites (tertiary alicyclic amines) is 1. The number of hydrogen-bond donors (Lipinski definition) is 1. The van der Waals surface area contributed by atoms with Crippen LogP contribution in [-0.2, 0) is 11.2 Å². The Morgan fingerprint density at radius 3 is 2.48 bits per heavy atom. The first-order valence-electron chi connectivity index (χ1n) is 11.6. The largest absolute Gasteiger partial charge is 0.444 e. The van der Waals surface area contributed by atoms with Gasteiger partial charge in [-0.1, -0.05) is 25.5 Å². The molecule has 7 nitrogen and oxygen atoms in total. The Morgan fingerprint density at radius 1 is 1.12 bits per heavy atom. The monoisotopic (exact) mass is 448 g/mol. The van der Waals surface area contributed by atoms with Gasteiger partial charge in [-0.05, 0) is 63.6 Å². The van der Waals surface area contributed by atoms with Crippen molar-refractivity contribution in [2.75, 3.05) is 18.4 Å². The predicted octanol–water partition coefficient (Wildman–Crippen LogP) is 4.76. The van der Waals surface area contributed by atoms with E-state index in [0.29, 0.717) is 18.5 Å². The lowest BCUT2D eigenvalue weighted by Gasteiger charge is -2.40. The number of hydrogen-bond acceptors (Lipinski definition) is 5. The van der Waals surface area contributed by atoms with Crippen LogP contribution in [0, 0.1) is 0 Å². The fraction of sp³-hybridized carbons (Fsp3) is 0.423. The van der Waals surface area contributed by atoms with Gasteiger partial charge in [-0.3, -0.25) is 9.36 Å². The molecule has 0 bridgehead atoms. The number of aromatic nitrogens is 2. The Balaban J connectivity index is 1.49. The minimum absolute atomic E-state index is 0.0422. The molecule has 0 saturated carbocycles. The van der Waals surface area contributed by atoms with Crippen LogP contribution < -0.4 is 10.9 Å². The molecule has 1 aromatic heterocycles. The first kappa shape index (κ1) is 22.8. The zero-order chi connectivity index (χ0) is 23.6. The van der Waals surface area contributed by atoms with Crippen LogP contribution in [0.4, 0.5) is 10.5 Å². The van der Waals surface area contributed by atoms with Crippen molar-refractivity contribution in [3.63, 3.8) is 0 Å². The third kappa shape index (κ3) is 5.18. The summed E-state index contributed by atoms with van der Waals surface area (Å²) in [6.45, 7) is 8.94. The van der Waals surface area contributed by atoms with Gasteiger partial charge in [0.05, 0.1) is 22.6 Å². The summed E-state index contributed by atoms with van der Waals surface area (Å²) >= 11 is 0. The number of ether oxygens (including phenoxy) is 1. The molecule has 1 aliphatic heterocycles. The Kier molecular flexibility index (Phi) is 6.40. The number of unbranched alkanes of at least 4 members (excludes halogenated alkanes) is 1. The van der Waals surface area contributed by atoms with E-state index in [1.807, 2.05) is 69.3 Å². The van der Waals surface area contributed by atoms with Gasteiger partial charge in [0, 0.05) is 25.2 Å². The van der Waals surface area contributed by atoms with Crippen LogP contribution in [0.25, 0.3) is 16.6 Å². The normalized spacial score (nSPS) is 14.2. The van der Waals surface area contributed by atoms with E-state index in [0.717, 1.165) is 42.0 Å². The summed E-state index contributed by atoms with van der Waals surface area (Å²) in [5.74, 6) is 0.785.